The molecule has 1 amide bonds. The van der Waals surface area contributed by atoms with Crippen molar-refractivity contribution in [2.24, 2.45) is 0 Å². The molecular weight excluding hydrogens is 313 g/mol. The van der Waals surface area contributed by atoms with Crippen LogP contribution in [0.5, 0.6) is 0 Å². The van der Waals surface area contributed by atoms with Crippen LogP contribution in [0.1, 0.15) is 38.2 Å². The van der Waals surface area contributed by atoms with Crippen LogP contribution in [0.25, 0.3) is 0 Å². The van der Waals surface area contributed by atoms with Crippen LogP contribution >= 0.6 is 23.2 Å². The van der Waals surface area contributed by atoms with Crippen LogP contribution < -0.4 is 5.32 Å². The summed E-state index contributed by atoms with van der Waals surface area (Å²) in [4.78, 5) is 22.6. The second kappa shape index (κ2) is 8.90. The monoisotopic (exact) mass is 331 g/mol. The number of halogens is 2. The molecule has 1 unspecified atom stereocenters. The van der Waals surface area contributed by atoms with Gasteiger partial charge in [0, 0.05) is 22.5 Å². The van der Waals surface area contributed by atoms with Crippen molar-refractivity contribution in [3.8, 4) is 0 Å². The summed E-state index contributed by atoms with van der Waals surface area (Å²) in [5.74, 6) is -1.07. The highest BCUT2D eigenvalue weighted by Crippen LogP contribution is 2.22. The SMILES string of the molecule is CCCC(CC(=O)O)NC(=O)CCc1ccc(Cl)cc1Cl. The predicted molar refractivity (Wildman–Crippen MR) is 83.9 cm³/mol. The first kappa shape index (κ1) is 17.8. The zero-order chi connectivity index (χ0) is 15.8. The lowest BCUT2D eigenvalue weighted by Gasteiger charge is -2.16. The third kappa shape index (κ3) is 6.82. The number of benzene rings is 1. The van der Waals surface area contributed by atoms with Crippen LogP contribution in [0.2, 0.25) is 10.0 Å². The van der Waals surface area contributed by atoms with Crippen LogP contribution in [-0.2, 0) is 16.0 Å². The molecule has 0 saturated heterocycles. The van der Waals surface area contributed by atoms with Crippen molar-refractivity contribution in [3.05, 3.63) is 33.8 Å². The summed E-state index contributed by atoms with van der Waals surface area (Å²) in [7, 11) is 0. The summed E-state index contributed by atoms with van der Waals surface area (Å²) in [5, 5.41) is 12.7. The normalized spacial score (nSPS) is 12.0. The Morgan fingerprint density at radius 1 is 1.33 bits per heavy atom. The number of carboxylic acid groups (broad SMARTS) is 1. The molecule has 0 fully saturated rings. The number of carbonyl (C=O) groups excluding carboxylic acids is 1. The fourth-order valence-corrected chi connectivity index (χ4v) is 2.56. The number of amides is 1. The van der Waals surface area contributed by atoms with Gasteiger partial charge in [-0.2, -0.15) is 0 Å². The standard InChI is InChI=1S/C15H19Cl2NO3/c1-2-3-12(9-15(20)21)18-14(19)7-5-10-4-6-11(16)8-13(10)17/h4,6,8,12H,2-3,5,7,9H2,1H3,(H,18,19)(H,20,21). The molecule has 0 aliphatic heterocycles. The van der Waals surface area contributed by atoms with Crippen LogP contribution in [-0.4, -0.2) is 23.0 Å². The summed E-state index contributed by atoms with van der Waals surface area (Å²) in [5.41, 5.74) is 0.849. The fourth-order valence-electron chi connectivity index (χ4n) is 2.06. The van der Waals surface area contributed by atoms with Gasteiger partial charge < -0.3 is 10.4 Å². The number of rotatable bonds is 8. The molecule has 4 nitrogen and oxygen atoms in total. The largest absolute Gasteiger partial charge is 0.481 e. The molecule has 0 spiro atoms. The average Bonchev–Trinajstić information content (AvgIpc) is 2.37. The second-order valence-electron chi connectivity index (χ2n) is 4.89. The van der Waals surface area contributed by atoms with Crippen molar-refractivity contribution in [1.82, 2.24) is 5.32 Å². The van der Waals surface area contributed by atoms with Gasteiger partial charge in [0.1, 0.15) is 0 Å². The molecule has 0 saturated carbocycles. The van der Waals surface area contributed by atoms with Crippen LogP contribution in [0.15, 0.2) is 18.2 Å². The van der Waals surface area contributed by atoms with E-state index in [1.807, 2.05) is 6.92 Å². The molecule has 1 aromatic carbocycles. The fraction of sp³-hybridized carbons (Fsp3) is 0.467. The molecule has 6 heteroatoms. The maximum atomic E-state index is 11.9. The molecule has 1 aromatic rings. The van der Waals surface area contributed by atoms with E-state index in [9.17, 15) is 9.59 Å². The van der Waals surface area contributed by atoms with E-state index in [0.717, 1.165) is 12.0 Å². The van der Waals surface area contributed by atoms with E-state index < -0.39 is 5.97 Å². The molecule has 0 aliphatic rings. The van der Waals surface area contributed by atoms with Gasteiger partial charge >= 0.3 is 5.97 Å². The molecule has 1 atom stereocenters. The lowest BCUT2D eigenvalue weighted by molar-refractivity contribution is -0.137. The number of carbonyl (C=O) groups is 2. The lowest BCUT2D eigenvalue weighted by atomic mass is 10.1. The Labute approximate surface area is 134 Å². The summed E-state index contributed by atoms with van der Waals surface area (Å²) in [6, 6.07) is 4.84. The van der Waals surface area contributed by atoms with Crippen LogP contribution in [0, 0.1) is 0 Å². The van der Waals surface area contributed by atoms with Gasteiger partial charge in [-0.25, -0.2) is 0 Å². The molecule has 1 rings (SSSR count). The topological polar surface area (TPSA) is 66.4 Å². The van der Waals surface area contributed by atoms with Gasteiger partial charge in [-0.05, 0) is 30.5 Å². The summed E-state index contributed by atoms with van der Waals surface area (Å²) in [6.07, 6.45) is 2.18. The Hall–Kier alpha value is -1.26. The maximum absolute atomic E-state index is 11.9. The highest BCUT2D eigenvalue weighted by molar-refractivity contribution is 6.35. The second-order valence-corrected chi connectivity index (χ2v) is 5.73. The Kier molecular flexibility index (Phi) is 7.54. The molecule has 0 bridgehead atoms. The van der Waals surface area contributed by atoms with Crippen molar-refractivity contribution in [3.63, 3.8) is 0 Å². The first-order chi connectivity index (χ1) is 9.92. The molecule has 116 valence electrons. The summed E-state index contributed by atoms with van der Waals surface area (Å²) in [6.45, 7) is 1.95. The highest BCUT2D eigenvalue weighted by atomic mass is 35.5. The smallest absolute Gasteiger partial charge is 0.305 e. The number of hydrogen-bond donors (Lipinski definition) is 2. The van der Waals surface area contributed by atoms with Crippen molar-refractivity contribution >= 4 is 35.1 Å². The van der Waals surface area contributed by atoms with E-state index >= 15 is 0 Å². The average molecular weight is 332 g/mol. The number of nitrogens with one attached hydrogen (secondary N) is 1. The quantitative estimate of drug-likeness (QED) is 0.763. The van der Waals surface area contributed by atoms with E-state index in [-0.39, 0.29) is 24.8 Å². The maximum Gasteiger partial charge on any atom is 0.305 e. The highest BCUT2D eigenvalue weighted by Gasteiger charge is 2.15. The van der Waals surface area contributed by atoms with Gasteiger partial charge in [0.15, 0.2) is 0 Å². The van der Waals surface area contributed by atoms with E-state index in [0.29, 0.717) is 22.9 Å². The molecule has 0 radical (unpaired) electrons. The van der Waals surface area contributed by atoms with Gasteiger partial charge in [0.05, 0.1) is 6.42 Å². The molecule has 0 aromatic heterocycles. The van der Waals surface area contributed by atoms with Gasteiger partial charge in [-0.15, -0.1) is 0 Å². The molecule has 2 N–H and O–H groups in total. The molecule has 0 aliphatic carbocycles. The van der Waals surface area contributed by atoms with Crippen LogP contribution in [0.4, 0.5) is 0 Å². The van der Waals surface area contributed by atoms with Crippen LogP contribution in [0.3, 0.4) is 0 Å². The predicted octanol–water partition coefficient (Wildman–Crippen LogP) is 3.69. The third-order valence-corrected chi connectivity index (χ3v) is 3.65. The molecular formula is C15H19Cl2NO3. The molecule has 0 heterocycles. The Morgan fingerprint density at radius 3 is 2.62 bits per heavy atom. The minimum Gasteiger partial charge on any atom is -0.481 e. The van der Waals surface area contributed by atoms with Gasteiger partial charge in [-0.1, -0.05) is 42.6 Å². The Balaban J connectivity index is 2.50. The van der Waals surface area contributed by atoms with Gasteiger partial charge in [0.2, 0.25) is 5.91 Å². The zero-order valence-corrected chi connectivity index (χ0v) is 13.4. The van der Waals surface area contributed by atoms with Gasteiger partial charge in [0.25, 0.3) is 0 Å². The van der Waals surface area contributed by atoms with Gasteiger partial charge in [-0.3, -0.25) is 9.59 Å². The van der Waals surface area contributed by atoms with E-state index in [4.69, 9.17) is 28.3 Å². The number of hydrogen-bond acceptors (Lipinski definition) is 2. The zero-order valence-electron chi connectivity index (χ0n) is 11.9. The van der Waals surface area contributed by atoms with E-state index in [1.54, 1.807) is 18.2 Å². The van der Waals surface area contributed by atoms with E-state index in [1.165, 1.54) is 0 Å². The first-order valence-corrected chi connectivity index (χ1v) is 7.63. The summed E-state index contributed by atoms with van der Waals surface area (Å²) >= 11 is 11.9. The van der Waals surface area contributed by atoms with Crippen molar-refractivity contribution < 1.29 is 14.7 Å². The number of carboxylic acids is 1. The summed E-state index contributed by atoms with van der Waals surface area (Å²) < 4.78 is 0. The lowest BCUT2D eigenvalue weighted by Crippen LogP contribution is -2.36. The number of aryl methyl sites for hydroxylation is 1. The van der Waals surface area contributed by atoms with Crippen molar-refractivity contribution in [2.45, 2.75) is 45.1 Å². The van der Waals surface area contributed by atoms with Crippen molar-refractivity contribution in [1.29, 1.82) is 0 Å². The minimum atomic E-state index is -0.908. The minimum absolute atomic E-state index is 0.0543. The van der Waals surface area contributed by atoms with E-state index in [2.05, 4.69) is 5.32 Å². The first-order valence-electron chi connectivity index (χ1n) is 6.87. The Bertz CT molecular complexity index is 506. The van der Waals surface area contributed by atoms with Crippen molar-refractivity contribution in [2.75, 3.05) is 0 Å². The number of aliphatic carboxylic acids is 1. The third-order valence-electron chi connectivity index (χ3n) is 3.06. The molecule has 21 heavy (non-hydrogen) atoms. The Morgan fingerprint density at radius 2 is 2.05 bits per heavy atom.